The summed E-state index contributed by atoms with van der Waals surface area (Å²) in [6.45, 7) is 0. The second kappa shape index (κ2) is 8.93. The monoisotopic (exact) mass is 434 g/mol. The summed E-state index contributed by atoms with van der Waals surface area (Å²) in [6.07, 6.45) is 0. The first-order valence-corrected chi connectivity index (χ1v) is 9.82. The average molecular weight is 435 g/mol. The van der Waals surface area contributed by atoms with Crippen molar-refractivity contribution in [2.75, 3.05) is 19.5 Å². The van der Waals surface area contributed by atoms with Gasteiger partial charge in [-0.1, -0.05) is 29.8 Å². The van der Waals surface area contributed by atoms with Gasteiger partial charge in [-0.2, -0.15) is 0 Å². The number of hydrogen-bond donors (Lipinski definition) is 1. The molecule has 4 aromatic rings. The molecule has 0 bridgehead atoms. The molecule has 1 aromatic heterocycles. The Hall–Kier alpha value is -3.77. The van der Waals surface area contributed by atoms with Gasteiger partial charge in [-0.3, -0.25) is 4.79 Å². The van der Waals surface area contributed by atoms with Gasteiger partial charge in [-0.05, 0) is 48.5 Å². The number of amides is 1. The van der Waals surface area contributed by atoms with Crippen molar-refractivity contribution >= 4 is 39.9 Å². The van der Waals surface area contributed by atoms with Crippen LogP contribution in [0, 0.1) is 0 Å². The summed E-state index contributed by atoms with van der Waals surface area (Å²) in [5.74, 6) is 0.755. The van der Waals surface area contributed by atoms with E-state index >= 15 is 0 Å². The van der Waals surface area contributed by atoms with Gasteiger partial charge in [0.15, 0.2) is 11.5 Å². The summed E-state index contributed by atoms with van der Waals surface area (Å²) in [6, 6.07) is 21.3. The Morgan fingerprint density at radius 1 is 0.935 bits per heavy atom. The van der Waals surface area contributed by atoms with Gasteiger partial charge < -0.3 is 19.2 Å². The van der Waals surface area contributed by atoms with Crippen molar-refractivity contribution in [3.63, 3.8) is 0 Å². The summed E-state index contributed by atoms with van der Waals surface area (Å²) in [5, 5.41) is 4.23. The molecule has 1 amide bonds. The van der Waals surface area contributed by atoms with Crippen LogP contribution in [0.15, 0.2) is 82.2 Å². The number of benzene rings is 3. The highest BCUT2D eigenvalue weighted by Crippen LogP contribution is 2.31. The highest BCUT2D eigenvalue weighted by atomic mass is 35.5. The molecule has 156 valence electrons. The smallest absolute Gasteiger partial charge is 0.261 e. The third-order valence-corrected chi connectivity index (χ3v) is 4.85. The van der Waals surface area contributed by atoms with Crippen molar-refractivity contribution in [2.45, 2.75) is 0 Å². The van der Waals surface area contributed by atoms with Crippen molar-refractivity contribution < 1.29 is 18.7 Å². The molecule has 0 radical (unpaired) electrons. The predicted octanol–water partition coefficient (Wildman–Crippen LogP) is 5.59. The van der Waals surface area contributed by atoms with Gasteiger partial charge >= 0.3 is 0 Å². The van der Waals surface area contributed by atoms with Crippen LogP contribution < -0.4 is 20.3 Å². The van der Waals surface area contributed by atoms with Gasteiger partial charge in [0.05, 0.1) is 19.9 Å². The molecule has 0 aliphatic rings. The van der Waals surface area contributed by atoms with Crippen LogP contribution in [0.5, 0.6) is 11.5 Å². The zero-order valence-corrected chi connectivity index (χ0v) is 17.6. The van der Waals surface area contributed by atoms with Crippen LogP contribution >= 0.6 is 11.6 Å². The average Bonchev–Trinajstić information content (AvgIpc) is 2.80. The molecular formula is C24H19ClN2O4. The molecule has 0 saturated carbocycles. The maximum Gasteiger partial charge on any atom is 0.261 e. The first kappa shape index (κ1) is 20.5. The van der Waals surface area contributed by atoms with Gasteiger partial charge in [-0.25, -0.2) is 4.99 Å². The van der Waals surface area contributed by atoms with E-state index in [4.69, 9.17) is 25.5 Å². The Balaban J connectivity index is 1.82. The van der Waals surface area contributed by atoms with Crippen LogP contribution in [0.2, 0.25) is 5.02 Å². The molecule has 6 nitrogen and oxygen atoms in total. The fourth-order valence-electron chi connectivity index (χ4n) is 3.06. The maximum atomic E-state index is 13.1. The van der Waals surface area contributed by atoms with Crippen molar-refractivity contribution in [1.82, 2.24) is 0 Å². The first-order valence-electron chi connectivity index (χ1n) is 9.44. The second-order valence-corrected chi connectivity index (χ2v) is 7.05. The molecule has 0 aliphatic heterocycles. The molecule has 1 heterocycles. The minimum absolute atomic E-state index is 0.178. The van der Waals surface area contributed by atoms with Crippen LogP contribution in [0.4, 0.5) is 11.4 Å². The number of ether oxygens (including phenoxy) is 2. The molecule has 0 aliphatic carbocycles. The number of carbonyl (C=O) groups is 1. The molecule has 0 spiro atoms. The number of carbonyl (C=O) groups excluding carboxylic acids is 1. The van der Waals surface area contributed by atoms with Crippen molar-refractivity contribution in [1.29, 1.82) is 0 Å². The van der Waals surface area contributed by atoms with Crippen LogP contribution in [0.25, 0.3) is 11.0 Å². The number of anilines is 1. The van der Waals surface area contributed by atoms with Gasteiger partial charge in [-0.15, -0.1) is 0 Å². The lowest BCUT2D eigenvalue weighted by molar-refractivity contribution is 0.102. The van der Waals surface area contributed by atoms with E-state index in [1.54, 1.807) is 62.8 Å². The molecule has 4 rings (SSSR count). The van der Waals surface area contributed by atoms with Crippen LogP contribution in [0.1, 0.15) is 10.4 Å². The zero-order valence-electron chi connectivity index (χ0n) is 16.9. The van der Waals surface area contributed by atoms with E-state index in [1.165, 1.54) is 0 Å². The highest BCUT2D eigenvalue weighted by Gasteiger charge is 2.14. The number of para-hydroxylation sites is 1. The Morgan fingerprint density at radius 3 is 2.42 bits per heavy atom. The summed E-state index contributed by atoms with van der Waals surface area (Å²) in [7, 11) is 3.11. The number of hydrogen-bond acceptors (Lipinski definition) is 5. The maximum absolute atomic E-state index is 13.1. The molecular weight excluding hydrogens is 416 g/mol. The SMILES string of the molecule is COc1ccc(N=c2oc3ccccc3cc2C(=O)Nc2ccc(Cl)cc2)cc1OC. The van der Waals surface area contributed by atoms with Gasteiger partial charge in [0.25, 0.3) is 5.91 Å². The molecule has 0 fully saturated rings. The van der Waals surface area contributed by atoms with E-state index in [1.807, 2.05) is 24.3 Å². The number of methoxy groups -OCH3 is 2. The molecule has 0 saturated heterocycles. The Bertz CT molecular complexity index is 1310. The minimum atomic E-state index is -0.351. The van der Waals surface area contributed by atoms with Crippen LogP contribution in [-0.4, -0.2) is 20.1 Å². The Labute approximate surface area is 183 Å². The fraction of sp³-hybridized carbons (Fsp3) is 0.0833. The summed E-state index contributed by atoms with van der Waals surface area (Å²) in [5.41, 5.74) is 2.25. The highest BCUT2D eigenvalue weighted by molar-refractivity contribution is 6.30. The summed E-state index contributed by atoms with van der Waals surface area (Å²) in [4.78, 5) is 17.6. The molecule has 0 atom stereocenters. The molecule has 3 aromatic carbocycles. The number of rotatable bonds is 5. The molecule has 1 N–H and O–H groups in total. The van der Waals surface area contributed by atoms with Crippen LogP contribution in [0.3, 0.4) is 0 Å². The lowest BCUT2D eigenvalue weighted by atomic mass is 10.1. The number of nitrogens with one attached hydrogen (secondary N) is 1. The van der Waals surface area contributed by atoms with Gasteiger partial charge in [0, 0.05) is 22.2 Å². The number of nitrogens with zero attached hydrogens (tertiary/aromatic N) is 1. The van der Waals surface area contributed by atoms with Crippen molar-refractivity contribution in [3.05, 3.63) is 88.9 Å². The molecule has 0 unspecified atom stereocenters. The topological polar surface area (TPSA) is 73.1 Å². The number of fused-ring (bicyclic) bond motifs is 1. The van der Waals surface area contributed by atoms with E-state index in [9.17, 15) is 4.79 Å². The minimum Gasteiger partial charge on any atom is -0.493 e. The van der Waals surface area contributed by atoms with Gasteiger partial charge in [0.1, 0.15) is 11.1 Å². The first-order chi connectivity index (χ1) is 15.1. The van der Waals surface area contributed by atoms with E-state index in [-0.39, 0.29) is 11.5 Å². The lowest BCUT2D eigenvalue weighted by Gasteiger charge is -2.09. The van der Waals surface area contributed by atoms with E-state index in [2.05, 4.69) is 10.3 Å². The second-order valence-electron chi connectivity index (χ2n) is 6.62. The fourth-order valence-corrected chi connectivity index (χ4v) is 3.18. The summed E-state index contributed by atoms with van der Waals surface area (Å²) < 4.78 is 16.6. The Kier molecular flexibility index (Phi) is 5.91. The van der Waals surface area contributed by atoms with E-state index in [0.717, 1.165) is 5.39 Å². The molecule has 7 heteroatoms. The standard InChI is InChI=1S/C24H19ClN2O4/c1-29-21-12-11-18(14-22(21)30-2)27-24-19(13-15-5-3-4-6-20(15)31-24)23(28)26-17-9-7-16(25)8-10-17/h3-14H,1-2H3,(H,26,28). The van der Waals surface area contributed by atoms with Crippen LogP contribution in [-0.2, 0) is 0 Å². The van der Waals surface area contributed by atoms with E-state index in [0.29, 0.717) is 39.0 Å². The van der Waals surface area contributed by atoms with Crippen molar-refractivity contribution in [3.8, 4) is 11.5 Å². The normalized spacial score (nSPS) is 11.4. The summed E-state index contributed by atoms with van der Waals surface area (Å²) >= 11 is 5.93. The quantitative estimate of drug-likeness (QED) is 0.444. The molecule has 31 heavy (non-hydrogen) atoms. The third-order valence-electron chi connectivity index (χ3n) is 4.60. The lowest BCUT2D eigenvalue weighted by Crippen LogP contribution is -2.21. The predicted molar refractivity (Wildman–Crippen MR) is 120 cm³/mol. The van der Waals surface area contributed by atoms with Crippen molar-refractivity contribution in [2.24, 2.45) is 4.99 Å². The largest absolute Gasteiger partial charge is 0.493 e. The number of halogens is 1. The zero-order chi connectivity index (χ0) is 21.8. The van der Waals surface area contributed by atoms with Gasteiger partial charge in [0.2, 0.25) is 5.55 Å². The third kappa shape index (κ3) is 4.54. The Morgan fingerprint density at radius 2 is 1.68 bits per heavy atom. The van der Waals surface area contributed by atoms with E-state index < -0.39 is 0 Å².